The van der Waals surface area contributed by atoms with Crippen LogP contribution >= 0.6 is 0 Å². The lowest BCUT2D eigenvalue weighted by atomic mass is 10.1. The number of hydrogen-bond donors (Lipinski definition) is 1. The van der Waals surface area contributed by atoms with Crippen molar-refractivity contribution in [1.29, 1.82) is 0 Å². The first-order valence-electron chi connectivity index (χ1n) is 9.48. The number of ether oxygens (including phenoxy) is 2. The number of benzene rings is 1. The summed E-state index contributed by atoms with van der Waals surface area (Å²) in [5.74, 6) is -0.142. The Kier molecular flexibility index (Phi) is 6.84. The lowest BCUT2D eigenvalue weighted by molar-refractivity contribution is 0.0926. The predicted molar refractivity (Wildman–Crippen MR) is 104 cm³/mol. The van der Waals surface area contributed by atoms with Crippen LogP contribution in [0.15, 0.2) is 30.3 Å². The largest absolute Gasteiger partial charge is 0.383 e. The number of nitrogens with one attached hydrogen (secondary N) is 1. The molecule has 1 aliphatic rings. The normalized spacial score (nSPS) is 13.3. The van der Waals surface area contributed by atoms with E-state index in [4.69, 9.17) is 9.47 Å². The van der Waals surface area contributed by atoms with Crippen molar-refractivity contribution in [3.63, 3.8) is 0 Å². The highest BCUT2D eigenvalue weighted by atomic mass is 16.5. The van der Waals surface area contributed by atoms with Crippen LogP contribution in [0, 0.1) is 0 Å². The molecular formula is C20H28N4O3. The molecule has 0 saturated heterocycles. The van der Waals surface area contributed by atoms with Crippen LogP contribution in [0.2, 0.25) is 0 Å². The molecule has 0 fully saturated rings. The maximum absolute atomic E-state index is 12.7. The van der Waals surface area contributed by atoms with Gasteiger partial charge in [0.05, 0.1) is 26.4 Å². The monoisotopic (exact) mass is 372 g/mol. The second-order valence-electron chi connectivity index (χ2n) is 6.46. The number of carbonyl (C=O) groups is 1. The molecule has 1 amide bonds. The van der Waals surface area contributed by atoms with Gasteiger partial charge in [-0.1, -0.05) is 18.2 Å². The van der Waals surface area contributed by atoms with Crippen molar-refractivity contribution in [1.82, 2.24) is 15.1 Å². The summed E-state index contributed by atoms with van der Waals surface area (Å²) in [6.45, 7) is 6.61. The summed E-state index contributed by atoms with van der Waals surface area (Å²) in [6.07, 6.45) is 0.775. The summed E-state index contributed by atoms with van der Waals surface area (Å²) in [5.41, 5.74) is 3.63. The molecule has 0 aliphatic carbocycles. The highest BCUT2D eigenvalue weighted by Gasteiger charge is 2.25. The van der Waals surface area contributed by atoms with Crippen LogP contribution in [0.5, 0.6) is 0 Å². The Bertz CT molecular complexity index is 745. The molecule has 0 radical (unpaired) electrons. The first kappa shape index (κ1) is 19.4. The lowest BCUT2D eigenvalue weighted by Crippen LogP contribution is -2.35. The van der Waals surface area contributed by atoms with Crippen molar-refractivity contribution >= 4 is 11.6 Å². The van der Waals surface area contributed by atoms with Crippen molar-refractivity contribution in [2.24, 2.45) is 0 Å². The average molecular weight is 372 g/mol. The quantitative estimate of drug-likeness (QED) is 0.728. The minimum absolute atomic E-state index is 0.142. The lowest BCUT2D eigenvalue weighted by Gasteiger charge is -2.23. The van der Waals surface area contributed by atoms with Crippen LogP contribution in [-0.2, 0) is 29.0 Å². The van der Waals surface area contributed by atoms with E-state index in [1.165, 1.54) is 0 Å². The van der Waals surface area contributed by atoms with Crippen LogP contribution in [0.3, 0.4) is 0 Å². The van der Waals surface area contributed by atoms with E-state index in [0.29, 0.717) is 38.6 Å². The SMILES string of the molecule is CCN(CCNC(=O)c1nn(CCOC)c2c1COCC2)c1ccccc1. The summed E-state index contributed by atoms with van der Waals surface area (Å²) in [7, 11) is 1.67. The number of hydrogen-bond acceptors (Lipinski definition) is 5. The number of anilines is 1. The molecule has 7 heteroatoms. The fourth-order valence-electron chi connectivity index (χ4n) is 3.35. The number of para-hydroxylation sites is 1. The summed E-state index contributed by atoms with van der Waals surface area (Å²) in [5, 5.41) is 7.55. The van der Waals surface area contributed by atoms with Gasteiger partial charge >= 0.3 is 0 Å². The molecule has 2 heterocycles. The third kappa shape index (κ3) is 4.67. The van der Waals surface area contributed by atoms with Crippen LogP contribution in [-0.4, -0.2) is 55.6 Å². The molecule has 146 valence electrons. The van der Waals surface area contributed by atoms with Gasteiger partial charge in [-0.25, -0.2) is 0 Å². The van der Waals surface area contributed by atoms with E-state index in [9.17, 15) is 4.79 Å². The van der Waals surface area contributed by atoms with Crippen molar-refractivity contribution in [2.45, 2.75) is 26.5 Å². The minimum atomic E-state index is -0.142. The minimum Gasteiger partial charge on any atom is -0.383 e. The fourth-order valence-corrected chi connectivity index (χ4v) is 3.35. The van der Waals surface area contributed by atoms with Crippen LogP contribution in [0.25, 0.3) is 0 Å². The molecule has 3 rings (SSSR count). The van der Waals surface area contributed by atoms with Gasteiger partial charge in [0.15, 0.2) is 5.69 Å². The molecule has 1 N–H and O–H groups in total. The Hall–Kier alpha value is -2.38. The van der Waals surface area contributed by atoms with Gasteiger partial charge in [0.1, 0.15) is 0 Å². The van der Waals surface area contributed by atoms with E-state index < -0.39 is 0 Å². The molecule has 1 aromatic heterocycles. The van der Waals surface area contributed by atoms with Crippen LogP contribution in [0.4, 0.5) is 5.69 Å². The first-order chi connectivity index (χ1) is 13.2. The number of likely N-dealkylation sites (N-methyl/N-ethyl adjacent to an activating group) is 1. The number of carbonyl (C=O) groups excluding carboxylic acids is 1. The van der Waals surface area contributed by atoms with Gasteiger partial charge in [-0.05, 0) is 19.1 Å². The van der Waals surface area contributed by atoms with Crippen molar-refractivity contribution in [3.05, 3.63) is 47.3 Å². The van der Waals surface area contributed by atoms with E-state index in [-0.39, 0.29) is 5.91 Å². The third-order valence-electron chi connectivity index (χ3n) is 4.79. The Morgan fingerprint density at radius 1 is 1.37 bits per heavy atom. The molecular weight excluding hydrogens is 344 g/mol. The smallest absolute Gasteiger partial charge is 0.272 e. The molecule has 0 atom stereocenters. The highest BCUT2D eigenvalue weighted by Crippen LogP contribution is 2.21. The van der Waals surface area contributed by atoms with Gasteiger partial charge in [0.25, 0.3) is 5.91 Å². The number of nitrogens with zero attached hydrogens (tertiary/aromatic N) is 3. The highest BCUT2D eigenvalue weighted by molar-refractivity contribution is 5.94. The van der Waals surface area contributed by atoms with Gasteiger partial charge < -0.3 is 19.7 Å². The molecule has 0 saturated carbocycles. The number of aromatic nitrogens is 2. The topological polar surface area (TPSA) is 68.6 Å². The van der Waals surface area contributed by atoms with E-state index in [1.54, 1.807) is 7.11 Å². The van der Waals surface area contributed by atoms with E-state index in [1.807, 2.05) is 22.9 Å². The van der Waals surface area contributed by atoms with Crippen LogP contribution in [0.1, 0.15) is 28.7 Å². The van der Waals surface area contributed by atoms with Crippen LogP contribution < -0.4 is 10.2 Å². The van der Waals surface area contributed by atoms with Gasteiger partial charge in [0.2, 0.25) is 0 Å². The predicted octanol–water partition coefficient (Wildman–Crippen LogP) is 1.86. The fraction of sp³-hybridized carbons (Fsp3) is 0.500. The maximum atomic E-state index is 12.7. The summed E-state index contributed by atoms with van der Waals surface area (Å²) < 4.78 is 12.6. The van der Waals surface area contributed by atoms with Gasteiger partial charge in [-0.3, -0.25) is 9.48 Å². The number of rotatable bonds is 9. The summed E-state index contributed by atoms with van der Waals surface area (Å²) >= 11 is 0. The molecule has 7 nitrogen and oxygen atoms in total. The molecule has 1 aromatic carbocycles. The van der Waals surface area contributed by atoms with Crippen molar-refractivity contribution in [2.75, 3.05) is 44.9 Å². The molecule has 27 heavy (non-hydrogen) atoms. The second-order valence-corrected chi connectivity index (χ2v) is 6.46. The Balaban J connectivity index is 1.63. The summed E-state index contributed by atoms with van der Waals surface area (Å²) in [4.78, 5) is 15.0. The van der Waals surface area contributed by atoms with Gasteiger partial charge in [-0.2, -0.15) is 5.10 Å². The average Bonchev–Trinajstić information content (AvgIpc) is 3.09. The maximum Gasteiger partial charge on any atom is 0.272 e. The Morgan fingerprint density at radius 2 is 2.19 bits per heavy atom. The molecule has 0 bridgehead atoms. The summed E-state index contributed by atoms with van der Waals surface area (Å²) in [6, 6.07) is 10.2. The zero-order chi connectivity index (χ0) is 19.1. The number of methoxy groups -OCH3 is 1. The van der Waals surface area contributed by atoms with Gasteiger partial charge in [-0.15, -0.1) is 0 Å². The molecule has 0 spiro atoms. The zero-order valence-electron chi connectivity index (χ0n) is 16.1. The van der Waals surface area contributed by atoms with E-state index in [2.05, 4.69) is 34.4 Å². The second kappa shape index (κ2) is 9.53. The number of fused-ring (bicyclic) bond motifs is 1. The van der Waals surface area contributed by atoms with E-state index >= 15 is 0 Å². The molecule has 0 unspecified atom stereocenters. The number of amides is 1. The van der Waals surface area contributed by atoms with E-state index in [0.717, 1.165) is 36.5 Å². The zero-order valence-corrected chi connectivity index (χ0v) is 16.1. The Labute approximate surface area is 160 Å². The first-order valence-corrected chi connectivity index (χ1v) is 9.48. The molecule has 1 aliphatic heterocycles. The van der Waals surface area contributed by atoms with Crippen molar-refractivity contribution in [3.8, 4) is 0 Å². The molecule has 2 aromatic rings. The third-order valence-corrected chi connectivity index (χ3v) is 4.79. The standard InChI is InChI=1S/C20H28N4O3/c1-3-23(16-7-5-4-6-8-16)11-10-21-20(25)19-17-15-27-13-9-18(17)24(22-19)12-14-26-2/h4-8H,3,9-15H2,1-2H3,(H,21,25). The van der Waals surface area contributed by atoms with Gasteiger partial charge in [0, 0.05) is 50.1 Å². The van der Waals surface area contributed by atoms with Crippen molar-refractivity contribution < 1.29 is 14.3 Å². The Morgan fingerprint density at radius 3 is 2.93 bits per heavy atom.